The highest BCUT2D eigenvalue weighted by atomic mass is 32.2. The average Bonchev–Trinajstić information content (AvgIpc) is 3.11. The molecule has 1 aliphatic heterocycles. The minimum atomic E-state index is -3.70. The fourth-order valence-electron chi connectivity index (χ4n) is 5.07. The van der Waals surface area contributed by atoms with Crippen LogP contribution < -0.4 is 9.62 Å². The van der Waals surface area contributed by atoms with Gasteiger partial charge >= 0.3 is 0 Å². The third-order valence-electron chi connectivity index (χ3n) is 7.39. The van der Waals surface area contributed by atoms with Crippen molar-refractivity contribution in [3.05, 3.63) is 102 Å². The van der Waals surface area contributed by atoms with E-state index in [1.807, 2.05) is 43.3 Å². The predicted octanol–water partition coefficient (Wildman–Crippen LogP) is 8.48. The van der Waals surface area contributed by atoms with Crippen molar-refractivity contribution in [3.63, 3.8) is 0 Å². The van der Waals surface area contributed by atoms with E-state index in [4.69, 9.17) is 0 Å². The van der Waals surface area contributed by atoms with Gasteiger partial charge in [-0.15, -0.1) is 11.8 Å². The van der Waals surface area contributed by atoms with Crippen molar-refractivity contribution in [2.45, 2.75) is 38.3 Å². The highest BCUT2D eigenvalue weighted by Crippen LogP contribution is 2.35. The first kappa shape index (κ1) is 35.5. The first-order valence-electron chi connectivity index (χ1n) is 15.2. The number of thioether (sulfide) groups is 1. The van der Waals surface area contributed by atoms with Crippen LogP contribution in [-0.4, -0.2) is 46.3 Å². The minimum Gasteiger partial charge on any atom is -0.378 e. The molecule has 0 atom stereocenters. The van der Waals surface area contributed by atoms with E-state index in [0.717, 1.165) is 21.9 Å². The van der Waals surface area contributed by atoms with Crippen molar-refractivity contribution in [3.8, 4) is 6.07 Å². The number of nitriles is 1. The lowest BCUT2D eigenvalue weighted by atomic mass is 9.89. The topological polar surface area (TPSA) is 97.9 Å². The molecule has 7 nitrogen and oxygen atoms in total. The fourth-order valence-corrected chi connectivity index (χ4v) is 10.4. The molecule has 1 N–H and O–H groups in total. The molecule has 242 valence electrons. The second-order valence-corrected chi connectivity index (χ2v) is 18.0. The Kier molecular flexibility index (Phi) is 11.9. The van der Waals surface area contributed by atoms with Crippen LogP contribution in [-0.2, 0) is 26.7 Å². The zero-order valence-corrected chi connectivity index (χ0v) is 30.0. The summed E-state index contributed by atoms with van der Waals surface area (Å²) >= 11 is 1.46. The van der Waals surface area contributed by atoms with Gasteiger partial charge in [-0.25, -0.2) is 13.1 Å². The summed E-state index contributed by atoms with van der Waals surface area (Å²) in [5.41, 5.74) is 5.01. The molecule has 0 saturated carbocycles. The van der Waals surface area contributed by atoms with Crippen molar-refractivity contribution in [1.29, 1.82) is 5.26 Å². The summed E-state index contributed by atoms with van der Waals surface area (Å²) in [6.45, 7) is 9.51. The maximum Gasteiger partial charge on any atom is 0.240 e. The highest BCUT2D eigenvalue weighted by Gasteiger charge is 2.37. The van der Waals surface area contributed by atoms with Gasteiger partial charge in [-0.05, 0) is 65.0 Å². The zero-order chi connectivity index (χ0) is 33.4. The van der Waals surface area contributed by atoms with Crippen LogP contribution in [0, 0.1) is 22.2 Å². The van der Waals surface area contributed by atoms with Gasteiger partial charge in [0.15, 0.2) is 0 Å². The van der Waals surface area contributed by atoms with Crippen LogP contribution in [0.4, 0.5) is 17.1 Å². The molecule has 10 heteroatoms. The summed E-state index contributed by atoms with van der Waals surface area (Å²) in [5.74, 6) is 3.90. The first-order chi connectivity index (χ1) is 21.7. The third kappa shape index (κ3) is 10.6. The molecule has 0 aliphatic carbocycles. The SMILES string of the molecule is CN(C)c1ccc(N=Nc2ccc(S(=O)(=O)NCCS/C(=C/C#N)c3ccc(C[S+]4CC(C)(C)C=CC(C)(C)C4)cc3)cc2)cc1. The van der Waals surface area contributed by atoms with Crippen LogP contribution >= 0.6 is 11.8 Å². The number of benzene rings is 3. The number of sulfonamides is 1. The summed E-state index contributed by atoms with van der Waals surface area (Å²) < 4.78 is 28.5. The standard InChI is InChI=1S/C36H44N5O2S3/c1-35(2)20-21-36(3,4)27-45(26-35)25-28-7-9-29(10-8-28)34(19-22-37)44-24-23-38-46(42,43)33-17-13-31(14-18-33)40-39-30-11-15-32(16-12-30)41(5)6/h7-21,38H,23-27H2,1-6H3/q+1/b34-19+,40-39?. The summed E-state index contributed by atoms with van der Waals surface area (Å²) in [6, 6.07) is 24.6. The number of hydrogen-bond donors (Lipinski definition) is 1. The molecule has 46 heavy (non-hydrogen) atoms. The van der Waals surface area contributed by atoms with Crippen LogP contribution in [0.2, 0.25) is 0 Å². The molecule has 3 aromatic rings. The van der Waals surface area contributed by atoms with Gasteiger partial charge in [-0.3, -0.25) is 0 Å². The molecular formula is C36H44N5O2S3+. The van der Waals surface area contributed by atoms with E-state index < -0.39 is 10.0 Å². The van der Waals surface area contributed by atoms with E-state index in [-0.39, 0.29) is 33.2 Å². The Balaban J connectivity index is 1.29. The van der Waals surface area contributed by atoms with Crippen molar-refractivity contribution in [2.75, 3.05) is 42.8 Å². The lowest BCUT2D eigenvalue weighted by Crippen LogP contribution is -2.28. The Hall–Kier alpha value is -3.36. The predicted molar refractivity (Wildman–Crippen MR) is 197 cm³/mol. The number of hydrogen-bond acceptors (Lipinski definition) is 7. The number of allylic oxidation sites excluding steroid dienone is 3. The van der Waals surface area contributed by atoms with Crippen LogP contribution in [0.15, 0.2) is 106 Å². The van der Waals surface area contributed by atoms with Gasteiger partial charge in [-0.1, -0.05) is 64.1 Å². The lowest BCUT2D eigenvalue weighted by molar-refractivity contribution is 0.531. The van der Waals surface area contributed by atoms with Crippen LogP contribution in [0.1, 0.15) is 38.8 Å². The lowest BCUT2D eigenvalue weighted by Gasteiger charge is -2.20. The Morgan fingerprint density at radius 2 is 1.46 bits per heavy atom. The normalized spacial score (nSPS) is 16.7. The van der Waals surface area contributed by atoms with Gasteiger partial charge in [0.2, 0.25) is 10.0 Å². The molecule has 0 fully saturated rings. The molecular weight excluding hydrogens is 631 g/mol. The number of nitrogens with one attached hydrogen (secondary N) is 1. The molecule has 3 aromatic carbocycles. The second kappa shape index (κ2) is 15.5. The smallest absolute Gasteiger partial charge is 0.240 e. The quantitative estimate of drug-likeness (QED) is 0.0683. The molecule has 0 unspecified atom stereocenters. The van der Waals surface area contributed by atoms with E-state index in [1.165, 1.54) is 47.0 Å². The van der Waals surface area contributed by atoms with Gasteiger partial charge in [0, 0.05) is 59.5 Å². The average molecular weight is 675 g/mol. The first-order valence-corrected chi connectivity index (χ1v) is 19.4. The molecule has 1 aliphatic rings. The van der Waals surface area contributed by atoms with Crippen LogP contribution in [0.3, 0.4) is 0 Å². The van der Waals surface area contributed by atoms with Crippen molar-refractivity contribution in [2.24, 2.45) is 21.1 Å². The van der Waals surface area contributed by atoms with Gasteiger partial charge < -0.3 is 4.90 Å². The number of nitrogens with zero attached hydrogens (tertiary/aromatic N) is 4. The third-order valence-corrected chi connectivity index (χ3v) is 13.0. The number of azo groups is 1. The highest BCUT2D eigenvalue weighted by molar-refractivity contribution is 8.08. The molecule has 0 amide bonds. The van der Waals surface area contributed by atoms with Gasteiger partial charge in [0.05, 0.1) is 22.3 Å². The molecule has 0 radical (unpaired) electrons. The van der Waals surface area contributed by atoms with Gasteiger partial charge in [0.25, 0.3) is 0 Å². The van der Waals surface area contributed by atoms with Gasteiger partial charge in [-0.2, -0.15) is 15.5 Å². The Bertz CT molecular complexity index is 1680. The molecule has 0 saturated heterocycles. The summed E-state index contributed by atoms with van der Waals surface area (Å²) in [4.78, 5) is 2.99. The Morgan fingerprint density at radius 1 is 0.913 bits per heavy atom. The van der Waals surface area contributed by atoms with E-state index in [2.05, 4.69) is 85.1 Å². The van der Waals surface area contributed by atoms with Crippen molar-refractivity contribution in [1.82, 2.24) is 4.72 Å². The second-order valence-electron chi connectivity index (χ2n) is 13.0. The molecule has 0 spiro atoms. The summed E-state index contributed by atoms with van der Waals surface area (Å²) in [7, 11) is 0.519. The fraction of sp³-hybridized carbons (Fsp3) is 0.361. The van der Waals surface area contributed by atoms with Crippen molar-refractivity contribution < 1.29 is 8.42 Å². The molecule has 0 aromatic heterocycles. The van der Waals surface area contributed by atoms with Crippen molar-refractivity contribution >= 4 is 54.6 Å². The Labute approximate surface area is 282 Å². The van der Waals surface area contributed by atoms with Gasteiger partial charge in [0.1, 0.15) is 17.3 Å². The maximum atomic E-state index is 12.9. The number of rotatable bonds is 12. The molecule has 0 bridgehead atoms. The summed E-state index contributed by atoms with van der Waals surface area (Å²) in [5, 5.41) is 17.9. The van der Waals surface area contributed by atoms with Crippen LogP contribution in [0.5, 0.6) is 0 Å². The van der Waals surface area contributed by atoms with E-state index in [0.29, 0.717) is 17.1 Å². The largest absolute Gasteiger partial charge is 0.378 e. The summed E-state index contributed by atoms with van der Waals surface area (Å²) in [6.07, 6.45) is 6.30. The molecule has 4 rings (SSSR count). The van der Waals surface area contributed by atoms with E-state index >= 15 is 0 Å². The Morgan fingerprint density at radius 3 is 1.98 bits per heavy atom. The number of anilines is 1. The van der Waals surface area contributed by atoms with E-state index in [1.54, 1.807) is 12.1 Å². The van der Waals surface area contributed by atoms with Crippen LogP contribution in [0.25, 0.3) is 4.91 Å². The maximum absolute atomic E-state index is 12.9. The monoisotopic (exact) mass is 674 g/mol. The molecule has 1 heterocycles. The minimum absolute atomic E-state index is 0.159. The van der Waals surface area contributed by atoms with E-state index in [9.17, 15) is 13.7 Å². The zero-order valence-electron chi connectivity index (χ0n) is 27.5.